The second-order valence-corrected chi connectivity index (χ2v) is 5.36. The van der Waals surface area contributed by atoms with E-state index in [-0.39, 0.29) is 16.2 Å². The van der Waals surface area contributed by atoms with Gasteiger partial charge in [0.25, 0.3) is 11.5 Å². The van der Waals surface area contributed by atoms with Gasteiger partial charge < -0.3 is 10.3 Å². The number of hydrogen-bond donors (Lipinski definition) is 2. The van der Waals surface area contributed by atoms with E-state index in [1.807, 2.05) is 0 Å². The van der Waals surface area contributed by atoms with Crippen LogP contribution in [0.3, 0.4) is 0 Å². The summed E-state index contributed by atoms with van der Waals surface area (Å²) in [5.74, 6) is -0.332. The number of benzene rings is 1. The van der Waals surface area contributed by atoms with E-state index in [9.17, 15) is 9.59 Å². The molecule has 0 saturated heterocycles. The van der Waals surface area contributed by atoms with Gasteiger partial charge in [-0.05, 0) is 30.4 Å². The number of carbonyl (C=O) groups excluding carboxylic acids is 1. The Kier molecular flexibility index (Phi) is 4.30. The van der Waals surface area contributed by atoms with E-state index in [1.165, 1.54) is 23.3 Å². The highest BCUT2D eigenvalue weighted by Gasteiger charge is 2.10. The Balaban J connectivity index is 2.01. The maximum atomic E-state index is 12.4. The highest BCUT2D eigenvalue weighted by atomic mass is 32.1. The molecule has 8 heteroatoms. The zero-order valence-electron chi connectivity index (χ0n) is 12.5. The minimum absolute atomic E-state index is 0.225. The fourth-order valence-electron chi connectivity index (χ4n) is 2.26. The van der Waals surface area contributed by atoms with Gasteiger partial charge >= 0.3 is 0 Å². The second kappa shape index (κ2) is 6.55. The van der Waals surface area contributed by atoms with Crippen LogP contribution in [-0.2, 0) is 6.54 Å². The molecule has 2 heterocycles. The lowest BCUT2D eigenvalue weighted by atomic mass is 10.1. The summed E-state index contributed by atoms with van der Waals surface area (Å²) < 4.78 is 1.69. The van der Waals surface area contributed by atoms with Crippen LogP contribution < -0.4 is 10.9 Å². The number of hydrogen-bond acceptors (Lipinski definition) is 5. The van der Waals surface area contributed by atoms with Crippen molar-refractivity contribution >= 4 is 34.7 Å². The number of rotatable bonds is 4. The second-order valence-electron chi connectivity index (χ2n) is 4.98. The molecule has 0 aliphatic heterocycles. The molecule has 0 radical (unpaired) electrons. The van der Waals surface area contributed by atoms with E-state index in [0.29, 0.717) is 28.7 Å². The van der Waals surface area contributed by atoms with Gasteiger partial charge in [0.2, 0.25) is 0 Å². The number of amides is 1. The number of aromatic amines is 1. The number of aromatic nitrogens is 4. The Morgan fingerprint density at radius 3 is 2.83 bits per heavy atom. The van der Waals surface area contributed by atoms with Crippen molar-refractivity contribution in [2.24, 2.45) is 0 Å². The lowest BCUT2D eigenvalue weighted by Gasteiger charge is -2.08. The van der Waals surface area contributed by atoms with Crippen molar-refractivity contribution in [3.8, 4) is 0 Å². The Hall–Kier alpha value is -3.13. The van der Waals surface area contributed by atoms with Gasteiger partial charge in [-0.3, -0.25) is 14.2 Å². The lowest BCUT2D eigenvalue weighted by molar-refractivity contribution is 0.102. The average Bonchev–Trinajstić information content (AvgIpc) is 2.59. The molecule has 0 fully saturated rings. The quantitative estimate of drug-likeness (QED) is 0.562. The van der Waals surface area contributed by atoms with Crippen LogP contribution in [0, 0.1) is 4.77 Å². The summed E-state index contributed by atoms with van der Waals surface area (Å²) in [5.41, 5.74) is 1.15. The molecule has 0 atom stereocenters. The summed E-state index contributed by atoms with van der Waals surface area (Å²) in [6, 6.07) is 4.76. The molecule has 0 bridgehead atoms. The Bertz CT molecular complexity index is 1040. The van der Waals surface area contributed by atoms with Gasteiger partial charge in [0.1, 0.15) is 6.33 Å². The number of nitrogens with one attached hydrogen (secondary N) is 2. The van der Waals surface area contributed by atoms with E-state index < -0.39 is 0 Å². The monoisotopic (exact) mass is 339 g/mol. The molecule has 0 saturated carbocycles. The highest BCUT2D eigenvalue weighted by Crippen LogP contribution is 2.13. The molecule has 0 aliphatic carbocycles. The van der Waals surface area contributed by atoms with Gasteiger partial charge in [-0.25, -0.2) is 9.97 Å². The fourth-order valence-corrected chi connectivity index (χ4v) is 2.52. The molecule has 0 aliphatic rings. The third-order valence-electron chi connectivity index (χ3n) is 3.37. The van der Waals surface area contributed by atoms with Gasteiger partial charge in [-0.15, -0.1) is 6.58 Å². The predicted molar refractivity (Wildman–Crippen MR) is 93.6 cm³/mol. The molecule has 0 unspecified atom stereocenters. The maximum Gasteiger partial charge on any atom is 0.262 e. The third kappa shape index (κ3) is 2.99. The maximum absolute atomic E-state index is 12.4. The number of carbonyl (C=O) groups is 1. The molecule has 0 spiro atoms. The van der Waals surface area contributed by atoms with Crippen LogP contribution in [-0.4, -0.2) is 25.4 Å². The van der Waals surface area contributed by atoms with Crippen molar-refractivity contribution in [1.29, 1.82) is 0 Å². The van der Waals surface area contributed by atoms with Gasteiger partial charge in [0.05, 0.1) is 29.0 Å². The van der Waals surface area contributed by atoms with Crippen molar-refractivity contribution in [3.05, 3.63) is 70.3 Å². The zero-order chi connectivity index (χ0) is 17.1. The van der Waals surface area contributed by atoms with Crippen LogP contribution in [0.2, 0.25) is 0 Å². The first-order valence-electron chi connectivity index (χ1n) is 7.04. The molecule has 7 nitrogen and oxygen atoms in total. The molecule has 24 heavy (non-hydrogen) atoms. The molecule has 3 aromatic rings. The van der Waals surface area contributed by atoms with Gasteiger partial charge in [0, 0.05) is 12.1 Å². The summed E-state index contributed by atoms with van der Waals surface area (Å²) >= 11 is 5.19. The highest BCUT2D eigenvalue weighted by molar-refractivity contribution is 7.71. The third-order valence-corrected chi connectivity index (χ3v) is 3.70. The van der Waals surface area contributed by atoms with Crippen molar-refractivity contribution in [2.45, 2.75) is 6.54 Å². The Labute approximate surface area is 141 Å². The Morgan fingerprint density at radius 2 is 2.12 bits per heavy atom. The van der Waals surface area contributed by atoms with E-state index in [2.05, 4.69) is 26.8 Å². The number of anilines is 1. The molecule has 120 valence electrons. The van der Waals surface area contributed by atoms with Crippen molar-refractivity contribution in [2.75, 3.05) is 5.32 Å². The molecular weight excluding hydrogens is 326 g/mol. The molecule has 1 amide bonds. The SMILES string of the molecule is C=CCn1c(=S)[nH]c2cc(C(=O)Nc3cncnc3)ccc2c1=O. The molecule has 2 aromatic heterocycles. The summed E-state index contributed by atoms with van der Waals surface area (Å²) in [6.07, 6.45) is 5.96. The van der Waals surface area contributed by atoms with E-state index in [1.54, 1.807) is 24.3 Å². The summed E-state index contributed by atoms with van der Waals surface area (Å²) in [6.45, 7) is 3.93. The van der Waals surface area contributed by atoms with Crippen LogP contribution in [0.5, 0.6) is 0 Å². The van der Waals surface area contributed by atoms with Gasteiger partial charge in [0.15, 0.2) is 4.77 Å². The molecular formula is C16H13N5O2S. The van der Waals surface area contributed by atoms with Crippen molar-refractivity contribution < 1.29 is 4.79 Å². The van der Waals surface area contributed by atoms with Crippen molar-refractivity contribution in [1.82, 2.24) is 19.5 Å². The largest absolute Gasteiger partial charge is 0.332 e. The number of fused-ring (bicyclic) bond motifs is 1. The van der Waals surface area contributed by atoms with Crippen LogP contribution in [0.25, 0.3) is 10.9 Å². The first-order valence-corrected chi connectivity index (χ1v) is 7.45. The smallest absolute Gasteiger partial charge is 0.262 e. The molecule has 2 N–H and O–H groups in total. The van der Waals surface area contributed by atoms with E-state index in [0.717, 1.165) is 0 Å². The topological polar surface area (TPSA) is 92.7 Å². The van der Waals surface area contributed by atoms with E-state index >= 15 is 0 Å². The summed E-state index contributed by atoms with van der Waals surface area (Å²) in [5, 5.41) is 3.13. The number of allylic oxidation sites excluding steroid dienone is 1. The molecule has 3 rings (SSSR count). The van der Waals surface area contributed by atoms with Gasteiger partial charge in [-0.2, -0.15) is 0 Å². The van der Waals surface area contributed by atoms with Gasteiger partial charge in [-0.1, -0.05) is 6.08 Å². The van der Waals surface area contributed by atoms with Crippen molar-refractivity contribution in [3.63, 3.8) is 0 Å². The zero-order valence-corrected chi connectivity index (χ0v) is 13.3. The first kappa shape index (κ1) is 15.8. The van der Waals surface area contributed by atoms with Crippen LogP contribution in [0.15, 0.2) is 54.4 Å². The number of H-pyrrole nitrogens is 1. The molecule has 1 aromatic carbocycles. The van der Waals surface area contributed by atoms with Crippen LogP contribution in [0.4, 0.5) is 5.69 Å². The van der Waals surface area contributed by atoms with E-state index in [4.69, 9.17) is 12.2 Å². The predicted octanol–water partition coefficient (Wildman–Crippen LogP) is 2.29. The number of nitrogens with zero attached hydrogens (tertiary/aromatic N) is 3. The van der Waals surface area contributed by atoms with Crippen LogP contribution >= 0.6 is 12.2 Å². The normalized spacial score (nSPS) is 10.5. The summed E-state index contributed by atoms with van der Waals surface area (Å²) in [7, 11) is 0. The lowest BCUT2D eigenvalue weighted by Crippen LogP contribution is -2.22. The fraction of sp³-hybridized carbons (Fsp3) is 0.0625. The summed E-state index contributed by atoms with van der Waals surface area (Å²) in [4.78, 5) is 35.4. The Morgan fingerprint density at radius 1 is 1.38 bits per heavy atom. The average molecular weight is 339 g/mol. The van der Waals surface area contributed by atoms with Crippen LogP contribution in [0.1, 0.15) is 10.4 Å². The standard InChI is InChI=1S/C16H13N5O2S/c1-2-5-21-15(23)12-4-3-10(6-13(12)20-16(21)24)14(22)19-11-7-17-9-18-8-11/h2-4,6-9H,1,5H2,(H,19,22)(H,20,24). The first-order chi connectivity index (χ1) is 11.6. The minimum atomic E-state index is -0.332. The minimum Gasteiger partial charge on any atom is -0.332 e.